The number of carbonyl (C=O) groups excluding carboxylic acids is 4. The molecule has 22 heteroatoms. The Morgan fingerprint density at radius 2 is 1.03 bits per heavy atom. The van der Waals surface area contributed by atoms with Crippen LogP contribution in [0.1, 0.15) is 49.7 Å². The molecule has 0 fully saturated rings. The zero-order valence-electron chi connectivity index (χ0n) is 35.7. The molecule has 6 N–H and O–H groups in total. The first-order valence-corrected chi connectivity index (χ1v) is 19.7. The lowest BCUT2D eigenvalue weighted by Gasteiger charge is -2.30. The standard InChI is InChI=1S/C47H38F8N2O12/c1-64-38-21-27(9-18-36(38)68-46(52,53)43(48)49)41(60)66-31-13-4-25(5-14-31)3-12-30(58)24-34(33-17-11-29(56)23-35(33)57)45(62,63)40(59)20-8-26-6-15-32(16-7-26)67-42(61)28-10-19-37(39(22-28)65-2)69-47(54,55)44(50)51/h3-23,34,43-44,62-63H,24,56-57H2,1-2H3/b12-3+,20-8+. The Balaban J connectivity index is 1.24. The van der Waals surface area contributed by atoms with E-state index in [9.17, 15) is 64.5 Å². The average Bonchev–Trinajstić information content (AvgIpc) is 3.30. The van der Waals surface area contributed by atoms with Crippen molar-refractivity contribution in [2.75, 3.05) is 25.7 Å². The Kier molecular flexibility index (Phi) is 16.4. The van der Waals surface area contributed by atoms with Gasteiger partial charge in [-0.1, -0.05) is 42.5 Å². The highest BCUT2D eigenvalue weighted by Gasteiger charge is 2.46. The van der Waals surface area contributed by atoms with Gasteiger partial charge in [0.15, 0.2) is 28.8 Å². The molecule has 0 saturated heterocycles. The number of alkyl halides is 8. The number of ether oxygens (including phenoxy) is 6. The number of aliphatic hydroxyl groups is 2. The van der Waals surface area contributed by atoms with Crippen LogP contribution in [-0.2, 0) is 9.59 Å². The van der Waals surface area contributed by atoms with Crippen LogP contribution in [0.5, 0.6) is 34.5 Å². The van der Waals surface area contributed by atoms with Crippen molar-refractivity contribution >= 4 is 47.0 Å². The summed E-state index contributed by atoms with van der Waals surface area (Å²) < 4.78 is 133. The summed E-state index contributed by atoms with van der Waals surface area (Å²) in [5.74, 6) is -11.4. The molecule has 0 spiro atoms. The molecular weight excluding hydrogens is 937 g/mol. The van der Waals surface area contributed by atoms with Crippen molar-refractivity contribution in [1.29, 1.82) is 0 Å². The summed E-state index contributed by atoms with van der Waals surface area (Å²) in [7, 11) is 2.06. The highest BCUT2D eigenvalue weighted by molar-refractivity contribution is 6.01. The van der Waals surface area contributed by atoms with Crippen LogP contribution in [-0.4, -0.2) is 78.8 Å². The predicted molar refractivity (Wildman–Crippen MR) is 230 cm³/mol. The summed E-state index contributed by atoms with van der Waals surface area (Å²) in [6.45, 7) is 0. The normalized spacial score (nSPS) is 12.6. The second-order valence-electron chi connectivity index (χ2n) is 14.4. The molecule has 0 aromatic heterocycles. The van der Waals surface area contributed by atoms with Gasteiger partial charge >= 0.3 is 37.0 Å². The summed E-state index contributed by atoms with van der Waals surface area (Å²) in [6.07, 6.45) is -14.2. The SMILES string of the molecule is COc1cc(C(=O)Oc2ccc(/C=C/C(=O)CC(c3ccc(N)cc3N)C(O)(O)C(=O)/C=C/c3ccc(OC(=O)c4ccc(OC(F)(F)C(F)F)c(OC)c4)cc3)cc2)ccc1OC(F)(F)C(F)F. The van der Waals surface area contributed by atoms with Gasteiger partial charge in [0.05, 0.1) is 31.3 Å². The van der Waals surface area contributed by atoms with Crippen LogP contribution in [0.25, 0.3) is 12.2 Å². The highest BCUT2D eigenvalue weighted by Crippen LogP contribution is 2.38. The number of carbonyl (C=O) groups is 4. The zero-order chi connectivity index (χ0) is 50.8. The minimum absolute atomic E-state index is 0.00759. The van der Waals surface area contributed by atoms with Gasteiger partial charge in [-0.05, 0) is 102 Å². The Hall–Kier alpha value is -7.98. The van der Waals surface area contributed by atoms with Crippen LogP contribution in [0.2, 0.25) is 0 Å². The maximum Gasteiger partial charge on any atom is 0.461 e. The number of methoxy groups -OCH3 is 2. The molecule has 5 rings (SSSR count). The highest BCUT2D eigenvalue weighted by atomic mass is 19.3. The molecule has 69 heavy (non-hydrogen) atoms. The number of hydrogen-bond acceptors (Lipinski definition) is 14. The summed E-state index contributed by atoms with van der Waals surface area (Å²) in [4.78, 5) is 52.3. The molecular formula is C47H38F8N2O12. The Bertz CT molecular complexity index is 2730. The van der Waals surface area contributed by atoms with Gasteiger partial charge in [-0.2, -0.15) is 35.1 Å². The molecule has 1 unspecified atom stereocenters. The van der Waals surface area contributed by atoms with Gasteiger partial charge in [-0.15, -0.1) is 0 Å². The van der Waals surface area contributed by atoms with Gasteiger partial charge in [-0.25, -0.2) is 9.59 Å². The molecule has 0 amide bonds. The van der Waals surface area contributed by atoms with E-state index >= 15 is 0 Å². The molecule has 0 aliphatic carbocycles. The van der Waals surface area contributed by atoms with Crippen molar-refractivity contribution in [3.63, 3.8) is 0 Å². The number of hydrogen-bond donors (Lipinski definition) is 4. The fourth-order valence-corrected chi connectivity index (χ4v) is 6.07. The first-order chi connectivity index (χ1) is 32.4. The van der Waals surface area contributed by atoms with E-state index in [4.69, 9.17) is 30.4 Å². The molecule has 364 valence electrons. The fraction of sp³-hybridized carbons (Fsp3) is 0.191. The summed E-state index contributed by atoms with van der Waals surface area (Å²) in [5, 5.41) is 22.6. The van der Waals surface area contributed by atoms with Crippen molar-refractivity contribution in [1.82, 2.24) is 0 Å². The van der Waals surface area contributed by atoms with E-state index in [0.29, 0.717) is 5.56 Å². The van der Waals surface area contributed by atoms with Crippen LogP contribution in [0.15, 0.2) is 115 Å². The van der Waals surface area contributed by atoms with Crippen molar-refractivity contribution in [3.05, 3.63) is 143 Å². The van der Waals surface area contributed by atoms with Gasteiger partial charge in [0.1, 0.15) is 11.5 Å². The zero-order valence-corrected chi connectivity index (χ0v) is 35.7. The number of nitrogen functional groups attached to an aromatic ring is 2. The van der Waals surface area contributed by atoms with Gasteiger partial charge in [-0.3, -0.25) is 9.59 Å². The third-order valence-electron chi connectivity index (χ3n) is 9.61. The molecule has 14 nitrogen and oxygen atoms in total. The van der Waals surface area contributed by atoms with Gasteiger partial charge in [0.2, 0.25) is 11.6 Å². The van der Waals surface area contributed by atoms with Crippen molar-refractivity contribution in [2.24, 2.45) is 0 Å². The summed E-state index contributed by atoms with van der Waals surface area (Å²) in [5.41, 5.74) is 12.3. The van der Waals surface area contributed by atoms with Gasteiger partial charge in [0.25, 0.3) is 0 Å². The summed E-state index contributed by atoms with van der Waals surface area (Å²) in [6, 6.07) is 20.3. The molecule has 0 aliphatic heterocycles. The number of esters is 2. The van der Waals surface area contributed by atoms with E-state index in [1.54, 1.807) is 0 Å². The van der Waals surface area contributed by atoms with E-state index in [1.807, 2.05) is 0 Å². The van der Waals surface area contributed by atoms with Crippen molar-refractivity contribution < 1.29 is 92.9 Å². The molecule has 5 aromatic rings. The van der Waals surface area contributed by atoms with E-state index in [0.717, 1.165) is 62.8 Å². The number of benzene rings is 5. The third-order valence-corrected chi connectivity index (χ3v) is 9.61. The van der Waals surface area contributed by atoms with Crippen LogP contribution < -0.4 is 39.9 Å². The minimum Gasteiger partial charge on any atom is -0.493 e. The largest absolute Gasteiger partial charge is 0.493 e. The molecule has 5 aromatic carbocycles. The van der Waals surface area contributed by atoms with E-state index in [2.05, 4.69) is 9.47 Å². The van der Waals surface area contributed by atoms with Crippen LogP contribution in [0.3, 0.4) is 0 Å². The minimum atomic E-state index is -4.84. The van der Waals surface area contributed by atoms with Gasteiger partial charge < -0.3 is 50.1 Å². The number of allylic oxidation sites excluding steroid dienone is 1. The van der Waals surface area contributed by atoms with E-state index in [1.165, 1.54) is 78.9 Å². The first-order valence-electron chi connectivity index (χ1n) is 19.7. The summed E-state index contributed by atoms with van der Waals surface area (Å²) >= 11 is 0. The Labute approximate surface area is 385 Å². The molecule has 0 radical (unpaired) electrons. The van der Waals surface area contributed by atoms with E-state index < -0.39 is 89.7 Å². The number of rotatable bonds is 21. The van der Waals surface area contributed by atoms with Crippen molar-refractivity contribution in [3.8, 4) is 34.5 Å². The topological polar surface area (TPSA) is 216 Å². The number of anilines is 2. The quantitative estimate of drug-likeness (QED) is 0.0136. The maximum atomic E-state index is 13.4. The smallest absolute Gasteiger partial charge is 0.461 e. The Morgan fingerprint density at radius 1 is 0.594 bits per heavy atom. The molecule has 0 bridgehead atoms. The maximum absolute atomic E-state index is 13.4. The van der Waals surface area contributed by atoms with E-state index in [-0.39, 0.29) is 45.1 Å². The fourth-order valence-electron chi connectivity index (χ4n) is 6.07. The molecule has 0 aliphatic rings. The van der Waals surface area contributed by atoms with Gasteiger partial charge in [0, 0.05) is 17.8 Å². The second kappa shape index (κ2) is 21.8. The molecule has 1 atom stereocenters. The number of halogens is 8. The van der Waals surface area contributed by atoms with Crippen LogP contribution in [0.4, 0.5) is 46.5 Å². The van der Waals surface area contributed by atoms with Crippen molar-refractivity contribution in [2.45, 2.75) is 43.2 Å². The lowest BCUT2D eigenvalue weighted by molar-refractivity contribution is -0.253. The lowest BCUT2D eigenvalue weighted by atomic mass is 9.82. The number of ketones is 2. The molecule has 0 saturated carbocycles. The Morgan fingerprint density at radius 3 is 1.43 bits per heavy atom. The monoisotopic (exact) mass is 974 g/mol. The third kappa shape index (κ3) is 13.4. The second-order valence-corrected chi connectivity index (χ2v) is 14.4. The molecule has 0 heterocycles. The first kappa shape index (κ1) is 52.0. The van der Waals surface area contributed by atoms with Crippen LogP contribution in [0, 0.1) is 0 Å². The average molecular weight is 975 g/mol. The predicted octanol–water partition coefficient (Wildman–Crippen LogP) is 8.50. The number of nitrogens with two attached hydrogens (primary N) is 2. The van der Waals surface area contributed by atoms with Crippen LogP contribution >= 0.6 is 0 Å². The lowest BCUT2D eigenvalue weighted by Crippen LogP contribution is -2.44.